The normalized spacial score (nSPS) is 24.0. The van der Waals surface area contributed by atoms with Crippen molar-refractivity contribution in [2.45, 2.75) is 57.9 Å². The smallest absolute Gasteiger partial charge is 0.123 e. The summed E-state index contributed by atoms with van der Waals surface area (Å²) in [7, 11) is 0. The van der Waals surface area contributed by atoms with Crippen molar-refractivity contribution >= 4 is 15.9 Å². The molecule has 1 atom stereocenters. The summed E-state index contributed by atoms with van der Waals surface area (Å²) in [5.41, 5.74) is 3.96. The molecule has 1 fully saturated rings. The van der Waals surface area contributed by atoms with Gasteiger partial charge < -0.3 is 0 Å². The van der Waals surface area contributed by atoms with E-state index in [1.165, 1.54) is 44.6 Å². The molecule has 1 aromatic carbocycles. The van der Waals surface area contributed by atoms with Gasteiger partial charge in [-0.25, -0.2) is 4.39 Å². The second-order valence-electron chi connectivity index (χ2n) is 6.28. The summed E-state index contributed by atoms with van der Waals surface area (Å²) >= 11 is 3.51. The van der Waals surface area contributed by atoms with Gasteiger partial charge in [-0.2, -0.15) is 0 Å². The zero-order valence-corrected chi connectivity index (χ0v) is 14.3. The van der Waals surface area contributed by atoms with Gasteiger partial charge in [0.05, 0.1) is 0 Å². The van der Waals surface area contributed by atoms with Crippen LogP contribution in [0.3, 0.4) is 0 Å². The molecule has 1 aromatic rings. The average Bonchev–Trinajstić information content (AvgIpc) is 2.49. The number of rotatable bonds is 6. The summed E-state index contributed by atoms with van der Waals surface area (Å²) in [5.74, 6) is 7.08. The highest BCUT2D eigenvalue weighted by molar-refractivity contribution is 9.10. The Morgan fingerprint density at radius 3 is 2.67 bits per heavy atom. The summed E-state index contributed by atoms with van der Waals surface area (Å²) in [6.07, 6.45) is 8.48. The third-order valence-corrected chi connectivity index (χ3v) is 5.59. The van der Waals surface area contributed by atoms with Crippen LogP contribution in [0.4, 0.5) is 4.39 Å². The van der Waals surface area contributed by atoms with Crippen molar-refractivity contribution in [1.82, 2.24) is 5.43 Å². The quantitative estimate of drug-likeness (QED) is 0.578. The third-order valence-electron chi connectivity index (χ3n) is 4.82. The topological polar surface area (TPSA) is 38.0 Å². The minimum absolute atomic E-state index is 0.185. The molecular weight excluding hydrogens is 331 g/mol. The molecule has 3 N–H and O–H groups in total. The molecule has 0 aliphatic heterocycles. The van der Waals surface area contributed by atoms with Crippen LogP contribution in [0.1, 0.15) is 51.0 Å². The molecule has 21 heavy (non-hydrogen) atoms. The lowest BCUT2D eigenvalue weighted by Crippen LogP contribution is -2.43. The summed E-state index contributed by atoms with van der Waals surface area (Å²) in [4.78, 5) is 0. The van der Waals surface area contributed by atoms with E-state index in [1.54, 1.807) is 12.1 Å². The third kappa shape index (κ3) is 4.76. The van der Waals surface area contributed by atoms with Crippen LogP contribution in [0.25, 0.3) is 0 Å². The molecule has 0 aromatic heterocycles. The van der Waals surface area contributed by atoms with Crippen LogP contribution >= 0.6 is 15.9 Å². The van der Waals surface area contributed by atoms with Crippen molar-refractivity contribution < 1.29 is 4.39 Å². The monoisotopic (exact) mass is 356 g/mol. The molecule has 1 saturated carbocycles. The molecule has 2 rings (SSSR count). The molecule has 118 valence electrons. The van der Waals surface area contributed by atoms with Crippen LogP contribution < -0.4 is 11.3 Å². The number of hydrazine groups is 1. The highest BCUT2D eigenvalue weighted by atomic mass is 79.9. The summed E-state index contributed by atoms with van der Waals surface area (Å²) < 4.78 is 14.4. The predicted molar refractivity (Wildman–Crippen MR) is 89.3 cm³/mol. The van der Waals surface area contributed by atoms with Crippen LogP contribution in [0, 0.1) is 17.7 Å². The van der Waals surface area contributed by atoms with Gasteiger partial charge in [0.25, 0.3) is 0 Å². The molecule has 1 aliphatic rings. The first-order chi connectivity index (χ1) is 10.1. The van der Waals surface area contributed by atoms with Crippen molar-refractivity contribution in [2.24, 2.45) is 17.7 Å². The van der Waals surface area contributed by atoms with E-state index in [2.05, 4.69) is 28.3 Å². The van der Waals surface area contributed by atoms with Gasteiger partial charge in [-0.1, -0.05) is 48.5 Å². The molecule has 0 bridgehead atoms. The Hall–Kier alpha value is -0.450. The molecule has 1 aliphatic carbocycles. The van der Waals surface area contributed by atoms with E-state index in [0.29, 0.717) is 5.92 Å². The van der Waals surface area contributed by atoms with Crippen LogP contribution in [-0.4, -0.2) is 6.04 Å². The first kappa shape index (κ1) is 16.9. The minimum Gasteiger partial charge on any atom is -0.271 e. The average molecular weight is 357 g/mol. The van der Waals surface area contributed by atoms with Crippen LogP contribution in [0.5, 0.6) is 0 Å². The molecule has 0 heterocycles. The molecular formula is C17H26BrFN2. The lowest BCUT2D eigenvalue weighted by molar-refractivity contribution is 0.213. The summed E-state index contributed by atoms with van der Waals surface area (Å²) in [6, 6.07) is 5.09. The van der Waals surface area contributed by atoms with Crippen molar-refractivity contribution in [1.29, 1.82) is 0 Å². The second-order valence-corrected chi connectivity index (χ2v) is 7.14. The van der Waals surface area contributed by atoms with Crippen LogP contribution in [-0.2, 0) is 6.42 Å². The van der Waals surface area contributed by atoms with E-state index in [4.69, 9.17) is 5.84 Å². The van der Waals surface area contributed by atoms with E-state index >= 15 is 0 Å². The van der Waals surface area contributed by atoms with Crippen molar-refractivity contribution in [2.75, 3.05) is 0 Å². The second kappa shape index (κ2) is 8.25. The Labute approximate surface area is 135 Å². The number of benzene rings is 1. The fourth-order valence-electron chi connectivity index (χ4n) is 3.59. The maximum absolute atomic E-state index is 13.4. The number of nitrogens with two attached hydrogens (primary N) is 1. The first-order valence-corrected chi connectivity index (χ1v) is 8.83. The predicted octanol–water partition coefficient (Wildman–Crippen LogP) is 4.57. The van der Waals surface area contributed by atoms with Crippen molar-refractivity contribution in [3.05, 3.63) is 34.1 Å². The van der Waals surface area contributed by atoms with E-state index in [-0.39, 0.29) is 11.9 Å². The Bertz CT molecular complexity index is 444. The standard InChI is InChI=1S/C17H26BrFN2/c1-2-3-12-4-6-13(7-5-12)17(21-20)11-14-10-15(19)8-9-16(14)18/h8-10,12-13,17,21H,2-7,11,20H2,1H3. The largest absolute Gasteiger partial charge is 0.271 e. The molecule has 4 heteroatoms. The molecule has 0 radical (unpaired) electrons. The van der Waals surface area contributed by atoms with Gasteiger partial charge in [0.1, 0.15) is 5.82 Å². The molecule has 0 saturated heterocycles. The number of nitrogens with one attached hydrogen (secondary N) is 1. The molecule has 0 amide bonds. The van der Waals surface area contributed by atoms with E-state index in [9.17, 15) is 4.39 Å². The van der Waals surface area contributed by atoms with Gasteiger partial charge in [-0.15, -0.1) is 0 Å². The van der Waals surface area contributed by atoms with Gasteiger partial charge in [0, 0.05) is 10.5 Å². The Balaban J connectivity index is 1.96. The maximum atomic E-state index is 13.4. The maximum Gasteiger partial charge on any atom is 0.123 e. The number of hydrogen-bond acceptors (Lipinski definition) is 2. The highest BCUT2D eigenvalue weighted by Gasteiger charge is 2.27. The summed E-state index contributed by atoms with van der Waals surface area (Å²) in [5, 5.41) is 0. The van der Waals surface area contributed by atoms with Gasteiger partial charge in [0.2, 0.25) is 0 Å². The SMILES string of the molecule is CCCC1CCC(C(Cc2cc(F)ccc2Br)NN)CC1. The minimum atomic E-state index is -0.185. The first-order valence-electron chi connectivity index (χ1n) is 8.04. The lowest BCUT2D eigenvalue weighted by Gasteiger charge is -2.33. The highest BCUT2D eigenvalue weighted by Crippen LogP contribution is 2.34. The van der Waals surface area contributed by atoms with E-state index in [0.717, 1.165) is 22.4 Å². The fourth-order valence-corrected chi connectivity index (χ4v) is 3.99. The van der Waals surface area contributed by atoms with Gasteiger partial charge in [0.15, 0.2) is 0 Å². The fraction of sp³-hybridized carbons (Fsp3) is 0.647. The summed E-state index contributed by atoms with van der Waals surface area (Å²) in [6.45, 7) is 2.26. The van der Waals surface area contributed by atoms with E-state index in [1.807, 2.05) is 0 Å². The van der Waals surface area contributed by atoms with Gasteiger partial charge in [-0.05, 0) is 54.9 Å². The van der Waals surface area contributed by atoms with Crippen LogP contribution in [0.2, 0.25) is 0 Å². The van der Waals surface area contributed by atoms with Gasteiger partial charge >= 0.3 is 0 Å². The molecule has 0 spiro atoms. The molecule has 1 unspecified atom stereocenters. The number of hydrogen-bond donors (Lipinski definition) is 2. The van der Waals surface area contributed by atoms with E-state index < -0.39 is 0 Å². The molecule has 2 nitrogen and oxygen atoms in total. The van der Waals surface area contributed by atoms with Crippen molar-refractivity contribution in [3.8, 4) is 0 Å². The number of halogens is 2. The Kier molecular flexibility index (Phi) is 6.65. The van der Waals surface area contributed by atoms with Crippen LogP contribution in [0.15, 0.2) is 22.7 Å². The zero-order valence-electron chi connectivity index (χ0n) is 12.7. The zero-order chi connectivity index (χ0) is 15.2. The van der Waals surface area contributed by atoms with Gasteiger partial charge in [-0.3, -0.25) is 11.3 Å². The van der Waals surface area contributed by atoms with Crippen molar-refractivity contribution in [3.63, 3.8) is 0 Å². The Morgan fingerprint density at radius 2 is 2.05 bits per heavy atom. The Morgan fingerprint density at radius 1 is 1.33 bits per heavy atom. The lowest BCUT2D eigenvalue weighted by atomic mass is 9.76.